The fourth-order valence-electron chi connectivity index (χ4n) is 4.21. The van der Waals surface area contributed by atoms with Gasteiger partial charge in [0, 0.05) is 30.8 Å². The van der Waals surface area contributed by atoms with E-state index < -0.39 is 17.8 Å². The molecule has 1 heterocycles. The first-order chi connectivity index (χ1) is 17.2. The van der Waals surface area contributed by atoms with Gasteiger partial charge in [-0.15, -0.1) is 0 Å². The molecule has 0 spiro atoms. The second-order valence-corrected chi connectivity index (χ2v) is 8.74. The average molecular weight is 497 g/mol. The Kier molecular flexibility index (Phi) is 7.62. The molecule has 36 heavy (non-hydrogen) atoms. The van der Waals surface area contributed by atoms with E-state index in [9.17, 15) is 22.8 Å². The maximum atomic E-state index is 12.9. The lowest BCUT2D eigenvalue weighted by Crippen LogP contribution is -2.35. The summed E-state index contributed by atoms with van der Waals surface area (Å²) in [5.74, 6) is 0.397. The minimum atomic E-state index is -4.42. The number of fused-ring (bicyclic) bond motifs is 1. The van der Waals surface area contributed by atoms with Crippen LogP contribution in [0.4, 0.5) is 23.7 Å². The zero-order valence-corrected chi connectivity index (χ0v) is 19.9. The van der Waals surface area contributed by atoms with Crippen LogP contribution in [0.25, 0.3) is 11.1 Å². The molecule has 1 aliphatic rings. The molecule has 0 bridgehead atoms. The van der Waals surface area contributed by atoms with Crippen molar-refractivity contribution in [1.29, 1.82) is 0 Å². The second-order valence-electron chi connectivity index (χ2n) is 8.74. The zero-order chi connectivity index (χ0) is 25.7. The average Bonchev–Trinajstić information content (AvgIpc) is 2.86. The molecule has 1 N–H and O–H groups in total. The van der Waals surface area contributed by atoms with Crippen LogP contribution in [0, 0.1) is 0 Å². The first kappa shape index (κ1) is 25.3. The van der Waals surface area contributed by atoms with Crippen LogP contribution in [-0.4, -0.2) is 23.4 Å². The molecule has 8 heteroatoms. The van der Waals surface area contributed by atoms with Crippen LogP contribution in [0.15, 0.2) is 66.7 Å². The molecule has 0 aliphatic carbocycles. The number of unbranched alkanes of at least 4 members (excludes halogenated alkanes) is 1. The number of amides is 2. The summed E-state index contributed by atoms with van der Waals surface area (Å²) in [6.07, 6.45) is -2.00. The van der Waals surface area contributed by atoms with Gasteiger partial charge < -0.3 is 9.64 Å². The highest BCUT2D eigenvalue weighted by molar-refractivity contribution is 5.88. The fraction of sp³-hybridized carbons (Fsp3) is 0.286. The molecule has 4 rings (SSSR count). The lowest BCUT2D eigenvalue weighted by Gasteiger charge is -2.29. The Morgan fingerprint density at radius 3 is 2.47 bits per heavy atom. The number of rotatable bonds is 6. The van der Waals surface area contributed by atoms with Crippen LogP contribution in [0.1, 0.15) is 42.9 Å². The minimum Gasteiger partial charge on any atom is -0.409 e. The van der Waals surface area contributed by atoms with Gasteiger partial charge in [0.05, 0.1) is 5.56 Å². The highest BCUT2D eigenvalue weighted by Gasteiger charge is 2.30. The van der Waals surface area contributed by atoms with Crippen molar-refractivity contribution in [3.63, 3.8) is 0 Å². The Hall–Kier alpha value is -3.81. The molecule has 3 aromatic rings. The summed E-state index contributed by atoms with van der Waals surface area (Å²) in [4.78, 5) is 26.8. The Bertz CT molecular complexity index is 1240. The van der Waals surface area contributed by atoms with Gasteiger partial charge in [-0.05, 0) is 59.9 Å². The maximum Gasteiger partial charge on any atom is 0.417 e. The number of carbonyl (C=O) groups excluding carboxylic acids is 2. The fourth-order valence-corrected chi connectivity index (χ4v) is 4.21. The van der Waals surface area contributed by atoms with Crippen molar-refractivity contribution in [3.8, 4) is 16.9 Å². The van der Waals surface area contributed by atoms with Gasteiger partial charge in [-0.1, -0.05) is 49.7 Å². The summed E-state index contributed by atoms with van der Waals surface area (Å²) in [5, 5.41) is 2.72. The Labute approximate surface area is 207 Å². The summed E-state index contributed by atoms with van der Waals surface area (Å²) >= 11 is 0. The van der Waals surface area contributed by atoms with Crippen LogP contribution in [-0.2, 0) is 23.9 Å². The molecule has 0 fully saturated rings. The largest absolute Gasteiger partial charge is 0.417 e. The number of anilines is 1. The Morgan fingerprint density at radius 2 is 1.75 bits per heavy atom. The summed E-state index contributed by atoms with van der Waals surface area (Å²) in [6, 6.07) is 16.9. The number of para-hydroxylation sites is 1. The van der Waals surface area contributed by atoms with Crippen LogP contribution in [0.2, 0.25) is 0 Å². The zero-order valence-electron chi connectivity index (χ0n) is 19.9. The van der Waals surface area contributed by atoms with Gasteiger partial charge in [0.1, 0.15) is 5.75 Å². The smallest absolute Gasteiger partial charge is 0.409 e. The molecule has 0 unspecified atom stereocenters. The molecule has 0 aromatic heterocycles. The van der Waals surface area contributed by atoms with E-state index >= 15 is 0 Å². The van der Waals surface area contributed by atoms with Crippen molar-refractivity contribution in [2.45, 2.75) is 45.3 Å². The van der Waals surface area contributed by atoms with Gasteiger partial charge in [-0.25, -0.2) is 4.79 Å². The van der Waals surface area contributed by atoms with Crippen molar-refractivity contribution < 1.29 is 27.5 Å². The number of halogens is 3. The van der Waals surface area contributed by atoms with E-state index in [0.29, 0.717) is 42.7 Å². The monoisotopic (exact) mass is 496 g/mol. The van der Waals surface area contributed by atoms with Crippen molar-refractivity contribution in [1.82, 2.24) is 4.90 Å². The highest BCUT2D eigenvalue weighted by Crippen LogP contribution is 2.34. The molecular weight excluding hydrogens is 469 g/mol. The number of alkyl halides is 3. The molecule has 0 saturated carbocycles. The molecule has 1 aliphatic heterocycles. The molecule has 3 aromatic carbocycles. The first-order valence-corrected chi connectivity index (χ1v) is 11.9. The number of carbonyl (C=O) groups is 2. The number of ether oxygens (including phenoxy) is 1. The van der Waals surface area contributed by atoms with Gasteiger partial charge in [0.15, 0.2) is 0 Å². The lowest BCUT2D eigenvalue weighted by molar-refractivity contribution is -0.137. The van der Waals surface area contributed by atoms with Gasteiger partial charge >= 0.3 is 12.3 Å². The molecule has 0 radical (unpaired) electrons. The van der Waals surface area contributed by atoms with Gasteiger partial charge in [0.2, 0.25) is 5.91 Å². The topological polar surface area (TPSA) is 58.6 Å². The van der Waals surface area contributed by atoms with Crippen molar-refractivity contribution in [2.24, 2.45) is 0 Å². The third-order valence-corrected chi connectivity index (χ3v) is 6.17. The van der Waals surface area contributed by atoms with Crippen molar-refractivity contribution in [3.05, 3.63) is 83.4 Å². The van der Waals surface area contributed by atoms with Crippen molar-refractivity contribution >= 4 is 17.7 Å². The van der Waals surface area contributed by atoms with E-state index in [0.717, 1.165) is 36.1 Å². The Morgan fingerprint density at radius 1 is 1.00 bits per heavy atom. The quantitative estimate of drug-likeness (QED) is 0.398. The number of nitrogens with zero attached hydrogens (tertiary/aromatic N) is 1. The second kappa shape index (κ2) is 10.8. The predicted octanol–water partition coefficient (Wildman–Crippen LogP) is 7.06. The molecule has 0 atom stereocenters. The maximum absolute atomic E-state index is 12.9. The summed E-state index contributed by atoms with van der Waals surface area (Å²) < 4.78 is 44.2. The molecule has 2 amide bonds. The van der Waals surface area contributed by atoms with Crippen LogP contribution < -0.4 is 10.1 Å². The first-order valence-electron chi connectivity index (χ1n) is 11.9. The third kappa shape index (κ3) is 6.05. The molecule has 0 saturated heterocycles. The normalized spacial score (nSPS) is 13.2. The van der Waals surface area contributed by atoms with Gasteiger partial charge in [-0.2, -0.15) is 13.2 Å². The van der Waals surface area contributed by atoms with E-state index in [1.165, 1.54) is 12.1 Å². The number of hydrogen-bond donors (Lipinski definition) is 1. The summed E-state index contributed by atoms with van der Waals surface area (Å²) in [7, 11) is 0. The van der Waals surface area contributed by atoms with E-state index in [2.05, 4.69) is 12.2 Å². The third-order valence-electron chi connectivity index (χ3n) is 6.17. The lowest BCUT2D eigenvalue weighted by atomic mass is 9.98. The van der Waals surface area contributed by atoms with E-state index in [4.69, 9.17) is 4.74 Å². The van der Waals surface area contributed by atoms with Gasteiger partial charge in [0.25, 0.3) is 0 Å². The van der Waals surface area contributed by atoms with E-state index in [1.54, 1.807) is 30.3 Å². The molecule has 5 nitrogen and oxygen atoms in total. The van der Waals surface area contributed by atoms with E-state index in [-0.39, 0.29) is 11.7 Å². The number of benzene rings is 3. The SMILES string of the molecule is CCCCC(=O)N1CCc2cc(NC(=O)Oc3ccccc3-c3ccc(C(F)(F)F)cc3)ccc2C1. The summed E-state index contributed by atoms with van der Waals surface area (Å²) in [6.45, 7) is 3.26. The number of hydrogen-bond acceptors (Lipinski definition) is 3. The van der Waals surface area contributed by atoms with E-state index in [1.807, 2.05) is 17.0 Å². The van der Waals surface area contributed by atoms with Crippen LogP contribution in [0.5, 0.6) is 5.75 Å². The predicted molar refractivity (Wildman–Crippen MR) is 132 cm³/mol. The van der Waals surface area contributed by atoms with Crippen LogP contribution in [0.3, 0.4) is 0 Å². The Balaban J connectivity index is 1.42. The van der Waals surface area contributed by atoms with Gasteiger partial charge in [-0.3, -0.25) is 10.1 Å². The standard InChI is InChI=1S/C28H27F3N2O3/c1-2-3-8-26(34)33-16-15-20-17-23(14-11-21(20)18-33)32-27(35)36-25-7-5-4-6-24(25)19-9-12-22(13-10-19)28(29,30)31/h4-7,9-14,17H,2-3,8,15-16,18H2,1H3,(H,32,35). The number of nitrogens with one attached hydrogen (secondary N) is 1. The minimum absolute atomic E-state index is 0.167. The molecular formula is C28H27F3N2O3. The van der Waals surface area contributed by atoms with Crippen molar-refractivity contribution in [2.75, 3.05) is 11.9 Å². The highest BCUT2D eigenvalue weighted by atomic mass is 19.4. The summed E-state index contributed by atoms with van der Waals surface area (Å²) in [5.41, 5.74) is 2.94. The van der Waals surface area contributed by atoms with Crippen LogP contribution >= 0.6 is 0 Å². The molecule has 188 valence electrons.